The molecule has 1 heterocycles. The van der Waals surface area contributed by atoms with Gasteiger partial charge < -0.3 is 10.4 Å². The number of nitrogens with zero attached hydrogens (tertiary/aromatic N) is 1. The fraction of sp³-hybridized carbons (Fsp3) is 0.933. The van der Waals surface area contributed by atoms with Crippen molar-refractivity contribution in [2.45, 2.75) is 57.9 Å². The highest BCUT2D eigenvalue weighted by Crippen LogP contribution is 2.33. The molecule has 0 aromatic carbocycles. The van der Waals surface area contributed by atoms with Crippen molar-refractivity contribution in [3.63, 3.8) is 0 Å². The first-order valence-corrected chi connectivity index (χ1v) is 7.80. The molecule has 0 bridgehead atoms. The first kappa shape index (κ1) is 14.8. The van der Waals surface area contributed by atoms with E-state index in [1.165, 1.54) is 12.8 Å². The predicted octanol–water partition coefficient (Wildman–Crippen LogP) is 1.53. The summed E-state index contributed by atoms with van der Waals surface area (Å²) in [7, 11) is 0. The van der Waals surface area contributed by atoms with E-state index in [1.807, 2.05) is 0 Å². The maximum atomic E-state index is 12.0. The number of hydrogen-bond acceptors (Lipinski definition) is 3. The molecule has 2 rings (SSSR count). The van der Waals surface area contributed by atoms with Gasteiger partial charge in [0.1, 0.15) is 0 Å². The van der Waals surface area contributed by atoms with Gasteiger partial charge in [-0.25, -0.2) is 0 Å². The zero-order chi connectivity index (χ0) is 13.7. The number of hydrogen-bond donors (Lipinski definition) is 2. The first-order valence-electron chi connectivity index (χ1n) is 7.80. The summed E-state index contributed by atoms with van der Waals surface area (Å²) in [5.74, 6) is 0.180. The summed E-state index contributed by atoms with van der Waals surface area (Å²) in [5.41, 5.74) is 0.110. The Kier molecular flexibility index (Phi) is 5.22. The van der Waals surface area contributed by atoms with E-state index in [9.17, 15) is 9.90 Å². The van der Waals surface area contributed by atoms with E-state index >= 15 is 0 Å². The summed E-state index contributed by atoms with van der Waals surface area (Å²) in [4.78, 5) is 14.2. The van der Waals surface area contributed by atoms with Crippen LogP contribution in [-0.4, -0.2) is 48.2 Å². The highest BCUT2D eigenvalue weighted by Gasteiger charge is 2.32. The number of likely N-dealkylation sites (tertiary alicyclic amines) is 1. The van der Waals surface area contributed by atoms with Crippen molar-refractivity contribution in [2.24, 2.45) is 5.41 Å². The van der Waals surface area contributed by atoms with Crippen LogP contribution in [0, 0.1) is 5.41 Å². The Morgan fingerprint density at radius 1 is 1.32 bits per heavy atom. The fourth-order valence-electron chi connectivity index (χ4n) is 3.36. The lowest BCUT2D eigenvalue weighted by Crippen LogP contribution is -2.47. The molecule has 2 fully saturated rings. The lowest BCUT2D eigenvalue weighted by molar-refractivity contribution is -0.123. The van der Waals surface area contributed by atoms with Gasteiger partial charge in [-0.15, -0.1) is 0 Å². The largest absolute Gasteiger partial charge is 0.396 e. The van der Waals surface area contributed by atoms with Crippen molar-refractivity contribution in [3.8, 4) is 0 Å². The third kappa shape index (κ3) is 3.93. The van der Waals surface area contributed by atoms with E-state index in [0.29, 0.717) is 12.6 Å². The highest BCUT2D eigenvalue weighted by molar-refractivity contribution is 5.78. The van der Waals surface area contributed by atoms with Gasteiger partial charge in [0.25, 0.3) is 0 Å². The van der Waals surface area contributed by atoms with E-state index in [1.54, 1.807) is 0 Å². The molecule has 4 heteroatoms. The summed E-state index contributed by atoms with van der Waals surface area (Å²) in [6.45, 7) is 4.84. The molecule has 1 amide bonds. The molecule has 2 aliphatic rings. The van der Waals surface area contributed by atoms with Gasteiger partial charge in [0.2, 0.25) is 5.91 Å². The average molecular weight is 268 g/mol. The summed E-state index contributed by atoms with van der Waals surface area (Å²) in [6.07, 6.45) is 7.86. The minimum atomic E-state index is 0.110. The van der Waals surface area contributed by atoms with Gasteiger partial charge in [-0.1, -0.05) is 19.8 Å². The van der Waals surface area contributed by atoms with E-state index in [0.717, 1.165) is 45.2 Å². The van der Waals surface area contributed by atoms with Crippen molar-refractivity contribution < 1.29 is 9.90 Å². The molecule has 0 unspecified atom stereocenters. The Hall–Kier alpha value is -0.610. The Morgan fingerprint density at radius 2 is 1.95 bits per heavy atom. The monoisotopic (exact) mass is 268 g/mol. The Balaban J connectivity index is 1.71. The number of carbonyl (C=O) groups is 1. The molecular formula is C15H28N2O2. The molecule has 1 aliphatic carbocycles. The molecular weight excluding hydrogens is 240 g/mol. The highest BCUT2D eigenvalue weighted by atomic mass is 16.3. The quantitative estimate of drug-likeness (QED) is 0.795. The van der Waals surface area contributed by atoms with Crippen LogP contribution >= 0.6 is 0 Å². The molecule has 1 aliphatic heterocycles. The lowest BCUT2D eigenvalue weighted by Gasteiger charge is -2.40. The molecule has 0 aromatic heterocycles. The maximum Gasteiger partial charge on any atom is 0.234 e. The molecule has 1 saturated carbocycles. The third-order valence-electron chi connectivity index (χ3n) is 5.09. The summed E-state index contributed by atoms with van der Waals surface area (Å²) < 4.78 is 0. The number of aliphatic hydroxyl groups excluding tert-OH is 1. The number of piperidine rings is 1. The molecule has 0 spiro atoms. The normalized spacial score (nSPS) is 24.5. The van der Waals surface area contributed by atoms with Crippen LogP contribution < -0.4 is 5.32 Å². The zero-order valence-electron chi connectivity index (χ0n) is 12.2. The molecule has 2 N–H and O–H groups in total. The van der Waals surface area contributed by atoms with Crippen LogP contribution in [0.2, 0.25) is 0 Å². The van der Waals surface area contributed by atoms with Crippen molar-refractivity contribution in [2.75, 3.05) is 26.2 Å². The fourth-order valence-corrected chi connectivity index (χ4v) is 3.36. The van der Waals surface area contributed by atoms with Gasteiger partial charge >= 0.3 is 0 Å². The smallest absolute Gasteiger partial charge is 0.234 e. The summed E-state index contributed by atoms with van der Waals surface area (Å²) in [6, 6.07) is 0.421. The van der Waals surface area contributed by atoms with E-state index in [2.05, 4.69) is 17.1 Å². The minimum absolute atomic E-state index is 0.110. The number of aliphatic hydroxyl groups is 1. The van der Waals surface area contributed by atoms with Crippen LogP contribution in [-0.2, 0) is 4.79 Å². The second-order valence-corrected chi connectivity index (χ2v) is 6.34. The van der Waals surface area contributed by atoms with Crippen LogP contribution in [0.5, 0.6) is 0 Å². The molecule has 0 atom stereocenters. The Labute approximate surface area is 116 Å². The van der Waals surface area contributed by atoms with Gasteiger partial charge in [0.15, 0.2) is 0 Å². The third-order valence-corrected chi connectivity index (χ3v) is 5.09. The average Bonchev–Trinajstić information content (AvgIpc) is 2.93. The Morgan fingerprint density at radius 3 is 2.47 bits per heavy atom. The zero-order valence-corrected chi connectivity index (χ0v) is 12.2. The molecule has 1 saturated heterocycles. The summed E-state index contributed by atoms with van der Waals surface area (Å²) >= 11 is 0. The van der Waals surface area contributed by atoms with Crippen LogP contribution in [0.3, 0.4) is 0 Å². The minimum Gasteiger partial charge on any atom is -0.396 e. The van der Waals surface area contributed by atoms with Gasteiger partial charge in [0.05, 0.1) is 6.54 Å². The molecule has 110 valence electrons. The van der Waals surface area contributed by atoms with E-state index < -0.39 is 0 Å². The van der Waals surface area contributed by atoms with Crippen LogP contribution in [0.15, 0.2) is 0 Å². The van der Waals surface area contributed by atoms with Crippen LogP contribution in [0.1, 0.15) is 51.9 Å². The van der Waals surface area contributed by atoms with Gasteiger partial charge in [0, 0.05) is 12.6 Å². The number of rotatable bonds is 5. The van der Waals surface area contributed by atoms with Crippen LogP contribution in [0.25, 0.3) is 0 Å². The molecule has 19 heavy (non-hydrogen) atoms. The predicted molar refractivity (Wildman–Crippen MR) is 75.9 cm³/mol. The topological polar surface area (TPSA) is 52.6 Å². The van der Waals surface area contributed by atoms with E-state index in [-0.39, 0.29) is 17.9 Å². The maximum absolute atomic E-state index is 12.0. The van der Waals surface area contributed by atoms with Crippen molar-refractivity contribution in [1.82, 2.24) is 10.2 Å². The molecule has 0 radical (unpaired) electrons. The lowest BCUT2D eigenvalue weighted by atomic mass is 9.77. The van der Waals surface area contributed by atoms with E-state index in [4.69, 9.17) is 0 Å². The second kappa shape index (κ2) is 6.71. The van der Waals surface area contributed by atoms with Crippen LogP contribution in [0.4, 0.5) is 0 Å². The van der Waals surface area contributed by atoms with Gasteiger partial charge in [-0.2, -0.15) is 0 Å². The SMILES string of the molecule is CCC1(CO)CCN(CC(=O)NC2CCCC2)CC1. The van der Waals surface area contributed by atoms with Gasteiger partial charge in [-0.3, -0.25) is 9.69 Å². The number of nitrogens with one attached hydrogen (secondary N) is 1. The standard InChI is InChI=1S/C15H28N2O2/c1-2-15(12-18)7-9-17(10-8-15)11-14(19)16-13-5-3-4-6-13/h13,18H,2-12H2,1H3,(H,16,19). The van der Waals surface area contributed by atoms with Crippen molar-refractivity contribution in [3.05, 3.63) is 0 Å². The number of amides is 1. The first-order chi connectivity index (χ1) is 9.17. The van der Waals surface area contributed by atoms with Gasteiger partial charge in [-0.05, 0) is 50.6 Å². The van der Waals surface area contributed by atoms with Crippen molar-refractivity contribution >= 4 is 5.91 Å². The summed E-state index contributed by atoms with van der Waals surface area (Å²) in [5, 5.41) is 12.6. The van der Waals surface area contributed by atoms with Crippen molar-refractivity contribution in [1.29, 1.82) is 0 Å². The number of carbonyl (C=O) groups excluding carboxylic acids is 1. The Bertz CT molecular complexity index is 287. The second-order valence-electron chi connectivity index (χ2n) is 6.34. The molecule has 4 nitrogen and oxygen atoms in total. The molecule has 0 aromatic rings.